The van der Waals surface area contributed by atoms with Gasteiger partial charge in [0.1, 0.15) is 0 Å². The molecular formula is C13H14ClN3O. The van der Waals surface area contributed by atoms with E-state index in [9.17, 15) is 4.79 Å². The molecule has 0 spiro atoms. The van der Waals surface area contributed by atoms with Crippen molar-refractivity contribution < 1.29 is 4.79 Å². The fraction of sp³-hybridized carbons (Fsp3) is 0.0769. The summed E-state index contributed by atoms with van der Waals surface area (Å²) in [7, 11) is 0. The molecule has 4 nitrogen and oxygen atoms in total. The van der Waals surface area contributed by atoms with Crippen LogP contribution in [0, 0.1) is 0 Å². The monoisotopic (exact) mass is 263 g/mol. The number of hydrogen-bond donors (Lipinski definition) is 2. The topological polar surface area (TPSA) is 68.0 Å². The van der Waals surface area contributed by atoms with Gasteiger partial charge in [-0.1, -0.05) is 18.2 Å². The molecule has 18 heavy (non-hydrogen) atoms. The zero-order valence-corrected chi connectivity index (χ0v) is 10.5. The Hall–Kier alpha value is -2.07. The van der Waals surface area contributed by atoms with Crippen LogP contribution in [0.25, 0.3) is 0 Å². The summed E-state index contributed by atoms with van der Waals surface area (Å²) in [6.07, 6.45) is 3.65. The fourth-order valence-corrected chi connectivity index (χ4v) is 1.49. The molecule has 2 rings (SSSR count). The third kappa shape index (κ3) is 3.75. The highest BCUT2D eigenvalue weighted by molar-refractivity contribution is 5.94. The second-order valence-corrected chi connectivity index (χ2v) is 3.67. The molecule has 3 N–H and O–H groups in total. The molecule has 0 aliphatic heterocycles. The van der Waals surface area contributed by atoms with Crippen molar-refractivity contribution in [2.75, 3.05) is 11.1 Å². The van der Waals surface area contributed by atoms with E-state index in [1.807, 2.05) is 18.2 Å². The van der Waals surface area contributed by atoms with E-state index in [1.165, 1.54) is 0 Å². The van der Waals surface area contributed by atoms with Gasteiger partial charge < -0.3 is 11.1 Å². The summed E-state index contributed by atoms with van der Waals surface area (Å²) in [6.45, 7) is 0. The van der Waals surface area contributed by atoms with E-state index in [-0.39, 0.29) is 18.3 Å². The summed E-state index contributed by atoms with van der Waals surface area (Å²) < 4.78 is 0. The van der Waals surface area contributed by atoms with Crippen LogP contribution in [-0.2, 0) is 11.2 Å². The van der Waals surface area contributed by atoms with Gasteiger partial charge in [0, 0.05) is 12.4 Å². The third-order valence-corrected chi connectivity index (χ3v) is 2.32. The van der Waals surface area contributed by atoms with Crippen molar-refractivity contribution >= 4 is 29.7 Å². The highest BCUT2D eigenvalue weighted by atomic mass is 35.5. The van der Waals surface area contributed by atoms with E-state index < -0.39 is 0 Å². The van der Waals surface area contributed by atoms with Crippen LogP contribution in [0.15, 0.2) is 48.8 Å². The average molecular weight is 264 g/mol. The number of nitrogen functional groups attached to an aromatic ring is 1. The smallest absolute Gasteiger partial charge is 0.228 e. The number of amides is 1. The predicted molar refractivity (Wildman–Crippen MR) is 74.7 cm³/mol. The minimum atomic E-state index is -0.101. The Bertz CT molecular complexity index is 517. The van der Waals surface area contributed by atoms with Gasteiger partial charge in [0.2, 0.25) is 5.91 Å². The van der Waals surface area contributed by atoms with Crippen LogP contribution in [0.4, 0.5) is 11.4 Å². The molecule has 0 radical (unpaired) electrons. The minimum Gasteiger partial charge on any atom is -0.397 e. The van der Waals surface area contributed by atoms with Crippen LogP contribution in [0.2, 0.25) is 0 Å². The summed E-state index contributed by atoms with van der Waals surface area (Å²) in [5.74, 6) is -0.101. The number of aromatic nitrogens is 1. The highest BCUT2D eigenvalue weighted by Crippen LogP contribution is 2.16. The Labute approximate surface area is 112 Å². The van der Waals surface area contributed by atoms with Gasteiger partial charge in [0.15, 0.2) is 0 Å². The van der Waals surface area contributed by atoms with Gasteiger partial charge in [-0.25, -0.2) is 0 Å². The number of benzene rings is 1. The maximum atomic E-state index is 11.7. The number of nitrogens with one attached hydrogen (secondary N) is 1. The average Bonchev–Trinajstić information content (AvgIpc) is 2.33. The van der Waals surface area contributed by atoms with Gasteiger partial charge in [0.25, 0.3) is 0 Å². The maximum Gasteiger partial charge on any atom is 0.228 e. The largest absolute Gasteiger partial charge is 0.397 e. The van der Waals surface area contributed by atoms with E-state index in [0.717, 1.165) is 5.56 Å². The third-order valence-electron chi connectivity index (χ3n) is 2.32. The fourth-order valence-electron chi connectivity index (χ4n) is 1.49. The standard InChI is InChI=1S/C13H13N3O.ClH/c14-11-5-1-2-6-12(11)16-13(17)8-10-4-3-7-15-9-10;/h1-7,9H,8,14H2,(H,16,17);1H. The minimum absolute atomic E-state index is 0. The van der Waals surface area contributed by atoms with Crippen molar-refractivity contribution in [1.29, 1.82) is 0 Å². The molecule has 0 atom stereocenters. The lowest BCUT2D eigenvalue weighted by Gasteiger charge is -2.07. The van der Waals surface area contributed by atoms with Crippen molar-refractivity contribution in [2.45, 2.75) is 6.42 Å². The van der Waals surface area contributed by atoms with Gasteiger partial charge in [0.05, 0.1) is 17.8 Å². The van der Waals surface area contributed by atoms with E-state index >= 15 is 0 Å². The van der Waals surface area contributed by atoms with E-state index in [2.05, 4.69) is 10.3 Å². The summed E-state index contributed by atoms with van der Waals surface area (Å²) in [5.41, 5.74) is 7.81. The lowest BCUT2D eigenvalue weighted by atomic mass is 10.2. The lowest BCUT2D eigenvalue weighted by Crippen LogP contribution is -2.15. The number of pyridine rings is 1. The van der Waals surface area contributed by atoms with Crippen molar-refractivity contribution in [3.05, 3.63) is 54.4 Å². The summed E-state index contributed by atoms with van der Waals surface area (Å²) in [6, 6.07) is 10.8. The van der Waals surface area contributed by atoms with Gasteiger partial charge in [-0.15, -0.1) is 12.4 Å². The van der Waals surface area contributed by atoms with Crippen LogP contribution < -0.4 is 11.1 Å². The number of rotatable bonds is 3. The Morgan fingerprint density at radius 2 is 2.00 bits per heavy atom. The normalized spacial score (nSPS) is 9.33. The number of carbonyl (C=O) groups excluding carboxylic acids is 1. The van der Waals surface area contributed by atoms with Gasteiger partial charge in [-0.05, 0) is 23.8 Å². The number of hydrogen-bond acceptors (Lipinski definition) is 3. The first-order valence-corrected chi connectivity index (χ1v) is 5.29. The SMILES string of the molecule is Cl.Nc1ccccc1NC(=O)Cc1cccnc1. The zero-order valence-electron chi connectivity index (χ0n) is 9.67. The van der Waals surface area contributed by atoms with Crippen molar-refractivity contribution in [3.8, 4) is 0 Å². The first kappa shape index (κ1) is 14.0. The molecule has 0 saturated carbocycles. The molecule has 1 amide bonds. The Kier molecular flexibility index (Phi) is 5.14. The quantitative estimate of drug-likeness (QED) is 0.835. The summed E-state index contributed by atoms with van der Waals surface area (Å²) >= 11 is 0. The molecule has 1 aromatic carbocycles. The first-order valence-electron chi connectivity index (χ1n) is 5.29. The predicted octanol–water partition coefficient (Wildman–Crippen LogP) is 2.27. The number of carbonyl (C=O) groups is 1. The van der Waals surface area contributed by atoms with E-state index in [0.29, 0.717) is 17.8 Å². The molecule has 5 heteroatoms. The zero-order chi connectivity index (χ0) is 12.1. The lowest BCUT2D eigenvalue weighted by molar-refractivity contribution is -0.115. The van der Waals surface area contributed by atoms with Crippen LogP contribution in [-0.4, -0.2) is 10.9 Å². The number of anilines is 2. The van der Waals surface area contributed by atoms with Crippen molar-refractivity contribution in [3.63, 3.8) is 0 Å². The second kappa shape index (κ2) is 6.61. The van der Waals surface area contributed by atoms with Crippen molar-refractivity contribution in [1.82, 2.24) is 4.98 Å². The first-order chi connectivity index (χ1) is 8.25. The number of halogens is 1. The number of para-hydroxylation sites is 2. The summed E-state index contributed by atoms with van der Waals surface area (Å²) in [4.78, 5) is 15.7. The number of nitrogens with two attached hydrogens (primary N) is 1. The van der Waals surface area contributed by atoms with Crippen LogP contribution in [0.5, 0.6) is 0 Å². The molecule has 0 fully saturated rings. The Morgan fingerprint density at radius 1 is 1.22 bits per heavy atom. The maximum absolute atomic E-state index is 11.7. The Balaban J connectivity index is 0.00000162. The van der Waals surface area contributed by atoms with Gasteiger partial charge in [-0.2, -0.15) is 0 Å². The molecule has 1 aromatic heterocycles. The van der Waals surface area contributed by atoms with E-state index in [1.54, 1.807) is 30.6 Å². The molecule has 94 valence electrons. The molecule has 1 heterocycles. The molecule has 2 aromatic rings. The molecule has 0 saturated heterocycles. The van der Waals surface area contributed by atoms with Crippen LogP contribution in [0.3, 0.4) is 0 Å². The van der Waals surface area contributed by atoms with Crippen LogP contribution in [0.1, 0.15) is 5.56 Å². The van der Waals surface area contributed by atoms with Crippen molar-refractivity contribution in [2.24, 2.45) is 0 Å². The molecule has 0 aliphatic carbocycles. The van der Waals surface area contributed by atoms with Gasteiger partial charge >= 0.3 is 0 Å². The molecule has 0 bridgehead atoms. The van der Waals surface area contributed by atoms with Crippen LogP contribution >= 0.6 is 12.4 Å². The summed E-state index contributed by atoms with van der Waals surface area (Å²) in [5, 5.41) is 2.77. The molecule has 0 aliphatic rings. The number of nitrogens with zero attached hydrogens (tertiary/aromatic N) is 1. The highest BCUT2D eigenvalue weighted by Gasteiger charge is 2.05. The Morgan fingerprint density at radius 3 is 2.67 bits per heavy atom. The second-order valence-electron chi connectivity index (χ2n) is 3.67. The molecule has 0 unspecified atom stereocenters. The van der Waals surface area contributed by atoms with Gasteiger partial charge in [-0.3, -0.25) is 9.78 Å². The molecular weight excluding hydrogens is 250 g/mol. The van der Waals surface area contributed by atoms with E-state index in [4.69, 9.17) is 5.73 Å².